The summed E-state index contributed by atoms with van der Waals surface area (Å²) >= 11 is 0. The van der Waals surface area contributed by atoms with Gasteiger partial charge >= 0.3 is 0 Å². The summed E-state index contributed by atoms with van der Waals surface area (Å²) in [6.45, 7) is 2.07. The molecule has 0 bridgehead atoms. The van der Waals surface area contributed by atoms with Crippen LogP contribution in [0.4, 0.5) is 5.69 Å². The van der Waals surface area contributed by atoms with Crippen LogP contribution in [0.15, 0.2) is 59.5 Å². The Morgan fingerprint density at radius 3 is 2.80 bits per heavy atom. The highest BCUT2D eigenvalue weighted by atomic mass is 16.2. The van der Waals surface area contributed by atoms with Gasteiger partial charge in [-0.2, -0.15) is 0 Å². The molecule has 1 aromatic heterocycles. The van der Waals surface area contributed by atoms with Gasteiger partial charge in [-0.25, -0.2) is 4.98 Å². The van der Waals surface area contributed by atoms with Crippen LogP contribution >= 0.6 is 0 Å². The van der Waals surface area contributed by atoms with Gasteiger partial charge in [-0.1, -0.05) is 30.3 Å². The maximum absolute atomic E-state index is 13.1. The molecule has 1 aliphatic rings. The lowest BCUT2D eigenvalue weighted by molar-refractivity contribution is -0.119. The smallest absolute Gasteiger partial charge is 0.269 e. The number of hydrogen-bond donors (Lipinski definition) is 0. The van der Waals surface area contributed by atoms with Gasteiger partial charge in [0.15, 0.2) is 0 Å². The molecular weight excluding hydrogens is 314 g/mol. The molecule has 25 heavy (non-hydrogen) atoms. The van der Waals surface area contributed by atoms with E-state index in [1.165, 1.54) is 16.3 Å². The normalized spacial score (nSPS) is 16.7. The minimum atomic E-state index is -0.259. The zero-order valence-corrected chi connectivity index (χ0v) is 14.1. The van der Waals surface area contributed by atoms with E-state index in [0.29, 0.717) is 11.0 Å². The van der Waals surface area contributed by atoms with Gasteiger partial charge in [-0.15, -0.1) is 0 Å². The number of hydrogen-bond acceptors (Lipinski definition) is 3. The van der Waals surface area contributed by atoms with Crippen LogP contribution in [0.3, 0.4) is 0 Å². The third-order valence-corrected chi connectivity index (χ3v) is 4.84. The maximum Gasteiger partial charge on any atom is 0.269 e. The molecule has 0 unspecified atom stereocenters. The summed E-state index contributed by atoms with van der Waals surface area (Å²) in [5, 5.41) is 0. The Balaban J connectivity index is 1.74. The highest BCUT2D eigenvalue weighted by molar-refractivity contribution is 5.95. The first-order chi connectivity index (χ1) is 12.1. The quantitative estimate of drug-likeness (QED) is 0.724. The Bertz CT molecular complexity index is 1010. The molecule has 4 rings (SSSR count). The Hall–Kier alpha value is -2.95. The van der Waals surface area contributed by atoms with Gasteiger partial charge < -0.3 is 4.90 Å². The highest BCUT2D eigenvalue weighted by Gasteiger charge is 2.28. The number of carbonyl (C=O) groups is 1. The fourth-order valence-corrected chi connectivity index (χ4v) is 3.56. The lowest BCUT2D eigenvalue weighted by atomic mass is 9.96. The number of para-hydroxylation sites is 3. The van der Waals surface area contributed by atoms with Crippen molar-refractivity contribution in [1.29, 1.82) is 0 Å². The third kappa shape index (κ3) is 2.71. The molecule has 5 heteroatoms. The second kappa shape index (κ2) is 6.16. The molecule has 0 aliphatic carbocycles. The van der Waals surface area contributed by atoms with E-state index >= 15 is 0 Å². The van der Waals surface area contributed by atoms with Crippen LogP contribution in [0.1, 0.15) is 18.9 Å². The molecule has 0 saturated heterocycles. The monoisotopic (exact) mass is 333 g/mol. The molecular formula is C20H19N3O2. The van der Waals surface area contributed by atoms with Crippen LogP contribution in [0.25, 0.3) is 11.0 Å². The number of anilines is 1. The van der Waals surface area contributed by atoms with Gasteiger partial charge in [0.05, 0.1) is 17.2 Å². The van der Waals surface area contributed by atoms with Gasteiger partial charge in [0.1, 0.15) is 6.54 Å². The number of benzene rings is 2. The number of nitrogens with zero attached hydrogens (tertiary/aromatic N) is 3. The third-order valence-electron chi connectivity index (χ3n) is 4.84. The minimum Gasteiger partial charge on any atom is -0.308 e. The van der Waals surface area contributed by atoms with Gasteiger partial charge in [0.25, 0.3) is 5.56 Å². The number of fused-ring (bicyclic) bond motifs is 2. The van der Waals surface area contributed by atoms with E-state index in [9.17, 15) is 9.59 Å². The van der Waals surface area contributed by atoms with Crippen molar-refractivity contribution in [2.75, 3.05) is 4.90 Å². The van der Waals surface area contributed by atoms with Crippen molar-refractivity contribution in [3.8, 4) is 0 Å². The summed E-state index contributed by atoms with van der Waals surface area (Å²) in [5.74, 6) is -0.0712. The zero-order valence-electron chi connectivity index (χ0n) is 14.1. The van der Waals surface area contributed by atoms with Crippen molar-refractivity contribution in [1.82, 2.24) is 9.55 Å². The first-order valence-corrected chi connectivity index (χ1v) is 8.49. The summed E-state index contributed by atoms with van der Waals surface area (Å²) < 4.78 is 1.51. The van der Waals surface area contributed by atoms with Crippen molar-refractivity contribution in [2.24, 2.45) is 0 Å². The molecule has 1 atom stereocenters. The summed E-state index contributed by atoms with van der Waals surface area (Å²) in [5.41, 5.74) is 3.27. The Morgan fingerprint density at radius 1 is 1.16 bits per heavy atom. The largest absolute Gasteiger partial charge is 0.308 e. The van der Waals surface area contributed by atoms with Crippen molar-refractivity contribution in [3.63, 3.8) is 0 Å². The average molecular weight is 333 g/mol. The number of carbonyl (C=O) groups excluding carboxylic acids is 1. The number of aryl methyl sites for hydroxylation is 1. The summed E-state index contributed by atoms with van der Waals surface area (Å²) in [6, 6.07) is 15.5. The molecule has 0 spiro atoms. The first kappa shape index (κ1) is 15.6. The molecule has 0 saturated carbocycles. The Morgan fingerprint density at radius 2 is 1.92 bits per heavy atom. The van der Waals surface area contributed by atoms with Crippen molar-refractivity contribution < 1.29 is 4.79 Å². The predicted octanol–water partition coefficient (Wildman–Crippen LogP) is 2.76. The first-order valence-electron chi connectivity index (χ1n) is 8.49. The zero-order chi connectivity index (χ0) is 17.4. The lowest BCUT2D eigenvalue weighted by Crippen LogP contribution is -2.44. The molecule has 2 aromatic carbocycles. The molecule has 0 fully saturated rings. The van der Waals surface area contributed by atoms with E-state index in [2.05, 4.69) is 18.0 Å². The minimum absolute atomic E-state index is 0.0144. The summed E-state index contributed by atoms with van der Waals surface area (Å²) in [6.07, 6.45) is 3.18. The van der Waals surface area contributed by atoms with Crippen LogP contribution in [0.5, 0.6) is 0 Å². The SMILES string of the molecule is C[C@@H]1CCc2ccccc2N1C(=O)Cn1c(=O)cnc2ccccc21. The van der Waals surface area contributed by atoms with Crippen LogP contribution in [0.2, 0.25) is 0 Å². The second-order valence-corrected chi connectivity index (χ2v) is 6.45. The van der Waals surface area contributed by atoms with E-state index in [-0.39, 0.29) is 24.1 Å². The number of rotatable bonds is 2. The fraction of sp³-hybridized carbons (Fsp3) is 0.250. The standard InChI is InChI=1S/C20H19N3O2/c1-14-10-11-15-6-2-4-8-17(15)23(14)20(25)13-22-18-9-5-3-7-16(18)21-12-19(22)24/h2-9,12,14H,10-11,13H2,1H3/t14-/m1/s1. The Labute approximate surface area is 145 Å². The van der Waals surface area contributed by atoms with Crippen molar-refractivity contribution in [2.45, 2.75) is 32.4 Å². The van der Waals surface area contributed by atoms with E-state index in [1.807, 2.05) is 47.4 Å². The number of amides is 1. The van der Waals surface area contributed by atoms with Gasteiger partial charge in [0, 0.05) is 11.7 Å². The van der Waals surface area contributed by atoms with Gasteiger partial charge in [-0.05, 0) is 43.5 Å². The molecule has 126 valence electrons. The van der Waals surface area contributed by atoms with Crippen molar-refractivity contribution >= 4 is 22.6 Å². The lowest BCUT2D eigenvalue weighted by Gasteiger charge is -2.35. The number of aromatic nitrogens is 2. The topological polar surface area (TPSA) is 55.2 Å². The molecule has 1 aliphatic heterocycles. The van der Waals surface area contributed by atoms with E-state index in [4.69, 9.17) is 0 Å². The highest BCUT2D eigenvalue weighted by Crippen LogP contribution is 2.30. The average Bonchev–Trinajstić information content (AvgIpc) is 2.64. The van der Waals surface area contributed by atoms with Crippen LogP contribution in [-0.4, -0.2) is 21.5 Å². The fourth-order valence-electron chi connectivity index (χ4n) is 3.56. The molecule has 5 nitrogen and oxygen atoms in total. The van der Waals surface area contributed by atoms with E-state index in [1.54, 1.807) is 0 Å². The molecule has 2 heterocycles. The maximum atomic E-state index is 13.1. The van der Waals surface area contributed by atoms with Crippen molar-refractivity contribution in [3.05, 3.63) is 70.6 Å². The van der Waals surface area contributed by atoms with Crippen LogP contribution in [-0.2, 0) is 17.8 Å². The predicted molar refractivity (Wildman–Crippen MR) is 97.7 cm³/mol. The summed E-state index contributed by atoms with van der Waals surface area (Å²) in [4.78, 5) is 31.4. The van der Waals surface area contributed by atoms with E-state index in [0.717, 1.165) is 18.5 Å². The Kier molecular flexibility index (Phi) is 3.84. The molecule has 0 N–H and O–H groups in total. The molecule has 1 amide bonds. The van der Waals surface area contributed by atoms with Gasteiger partial charge in [0.2, 0.25) is 5.91 Å². The van der Waals surface area contributed by atoms with Crippen LogP contribution < -0.4 is 10.5 Å². The van der Waals surface area contributed by atoms with E-state index < -0.39 is 0 Å². The summed E-state index contributed by atoms with van der Waals surface area (Å²) in [7, 11) is 0. The van der Waals surface area contributed by atoms with Gasteiger partial charge in [-0.3, -0.25) is 14.2 Å². The second-order valence-electron chi connectivity index (χ2n) is 6.45. The van der Waals surface area contributed by atoms with Crippen LogP contribution in [0, 0.1) is 0 Å². The molecule has 3 aromatic rings. The molecule has 0 radical (unpaired) electrons.